The molecule has 5 N–H and O–H groups in total. The lowest BCUT2D eigenvalue weighted by molar-refractivity contribution is 0.100. The molecule has 4 nitrogen and oxygen atoms in total. The van der Waals surface area contributed by atoms with E-state index in [-0.39, 0.29) is 5.41 Å². The van der Waals surface area contributed by atoms with Gasteiger partial charge in [-0.15, -0.1) is 0 Å². The van der Waals surface area contributed by atoms with E-state index in [1.165, 1.54) is 5.56 Å². The molecule has 0 fully saturated rings. The third-order valence-corrected chi connectivity index (χ3v) is 3.36. The smallest absolute Gasteiger partial charge is 0.250 e. The van der Waals surface area contributed by atoms with E-state index in [0.29, 0.717) is 11.3 Å². The summed E-state index contributed by atoms with van der Waals surface area (Å²) in [5, 5.41) is 3.24. The van der Waals surface area contributed by atoms with Crippen molar-refractivity contribution in [2.45, 2.75) is 26.2 Å². The van der Waals surface area contributed by atoms with Crippen LogP contribution in [0.15, 0.2) is 42.5 Å². The Kier molecular flexibility index (Phi) is 3.89. The molecule has 0 atom stereocenters. The van der Waals surface area contributed by atoms with Crippen molar-refractivity contribution in [2.24, 2.45) is 5.73 Å². The van der Waals surface area contributed by atoms with Gasteiger partial charge in [0.1, 0.15) is 0 Å². The van der Waals surface area contributed by atoms with E-state index in [9.17, 15) is 4.79 Å². The second-order valence-corrected chi connectivity index (χ2v) is 6.12. The minimum absolute atomic E-state index is 0.124. The Morgan fingerprint density at radius 1 is 1.00 bits per heavy atom. The Morgan fingerprint density at radius 2 is 1.57 bits per heavy atom. The molecule has 0 bridgehead atoms. The van der Waals surface area contributed by atoms with Crippen LogP contribution in [-0.4, -0.2) is 5.91 Å². The zero-order valence-electron chi connectivity index (χ0n) is 12.6. The second-order valence-electron chi connectivity index (χ2n) is 6.12. The van der Waals surface area contributed by atoms with Crippen molar-refractivity contribution in [1.29, 1.82) is 0 Å². The molecule has 1 amide bonds. The Labute approximate surface area is 125 Å². The molecule has 2 rings (SSSR count). The zero-order chi connectivity index (χ0) is 15.6. The maximum atomic E-state index is 11.3. The van der Waals surface area contributed by atoms with Crippen LogP contribution in [0, 0.1) is 0 Å². The zero-order valence-corrected chi connectivity index (χ0v) is 12.6. The number of carbonyl (C=O) groups excluding carboxylic acids is 1. The number of nitrogens with one attached hydrogen (secondary N) is 1. The number of carbonyl (C=O) groups is 1. The highest BCUT2D eigenvalue weighted by Gasteiger charge is 2.13. The van der Waals surface area contributed by atoms with E-state index in [4.69, 9.17) is 11.5 Å². The molecule has 0 aliphatic heterocycles. The number of rotatable bonds is 3. The summed E-state index contributed by atoms with van der Waals surface area (Å²) < 4.78 is 0. The quantitative estimate of drug-likeness (QED) is 0.755. The molecule has 0 unspecified atom stereocenters. The van der Waals surface area contributed by atoms with Crippen molar-refractivity contribution in [3.63, 3.8) is 0 Å². The maximum absolute atomic E-state index is 11.3. The van der Waals surface area contributed by atoms with Crippen LogP contribution >= 0.6 is 0 Å². The second kappa shape index (κ2) is 5.48. The summed E-state index contributed by atoms with van der Waals surface area (Å²) in [4.78, 5) is 11.3. The molecular formula is C17H21N3O. The Morgan fingerprint density at radius 3 is 2.10 bits per heavy atom. The fourth-order valence-electron chi connectivity index (χ4n) is 2.07. The predicted molar refractivity (Wildman–Crippen MR) is 87.8 cm³/mol. The monoisotopic (exact) mass is 283 g/mol. The summed E-state index contributed by atoms with van der Waals surface area (Å²) in [7, 11) is 0. The number of nitrogen functional groups attached to an aromatic ring is 1. The van der Waals surface area contributed by atoms with Crippen LogP contribution in [0.3, 0.4) is 0 Å². The highest BCUT2D eigenvalue weighted by Crippen LogP contribution is 2.26. The number of amides is 1. The SMILES string of the molecule is CC(C)(C)c1ccc(Nc2ccc(N)c(C(N)=O)c2)cc1. The Hall–Kier alpha value is -2.49. The molecule has 4 heteroatoms. The molecule has 0 spiro atoms. The van der Waals surface area contributed by atoms with Crippen LogP contribution in [0.4, 0.5) is 17.1 Å². The van der Waals surface area contributed by atoms with Crippen molar-refractivity contribution in [1.82, 2.24) is 0 Å². The number of primary amides is 1. The highest BCUT2D eigenvalue weighted by molar-refractivity contribution is 5.99. The van der Waals surface area contributed by atoms with E-state index in [0.717, 1.165) is 11.4 Å². The number of benzene rings is 2. The summed E-state index contributed by atoms with van der Waals surface area (Å²) >= 11 is 0. The van der Waals surface area contributed by atoms with E-state index in [1.807, 2.05) is 18.2 Å². The summed E-state index contributed by atoms with van der Waals surface area (Å²) in [6.07, 6.45) is 0. The fraction of sp³-hybridized carbons (Fsp3) is 0.235. The van der Waals surface area contributed by atoms with Crippen LogP contribution in [0.5, 0.6) is 0 Å². The van der Waals surface area contributed by atoms with Crippen molar-refractivity contribution < 1.29 is 4.79 Å². The standard InChI is InChI=1S/C17H21N3O/c1-17(2,3)11-4-6-12(7-5-11)20-13-8-9-15(18)14(10-13)16(19)21/h4-10,20H,18H2,1-3H3,(H2,19,21). The third-order valence-electron chi connectivity index (χ3n) is 3.36. The van der Waals surface area contributed by atoms with Gasteiger partial charge in [0, 0.05) is 17.1 Å². The summed E-state index contributed by atoms with van der Waals surface area (Å²) in [5.74, 6) is -0.528. The molecule has 2 aromatic carbocycles. The minimum Gasteiger partial charge on any atom is -0.398 e. The molecule has 0 aliphatic rings. The first-order valence-electron chi connectivity index (χ1n) is 6.84. The number of hydrogen-bond donors (Lipinski definition) is 3. The van der Waals surface area contributed by atoms with Gasteiger partial charge < -0.3 is 16.8 Å². The van der Waals surface area contributed by atoms with E-state index >= 15 is 0 Å². The van der Waals surface area contributed by atoms with Gasteiger partial charge in [-0.1, -0.05) is 32.9 Å². The van der Waals surface area contributed by atoms with Gasteiger partial charge in [0.05, 0.1) is 5.56 Å². The average molecular weight is 283 g/mol. The predicted octanol–water partition coefficient (Wildman–Crippen LogP) is 3.41. The average Bonchev–Trinajstić information content (AvgIpc) is 2.40. The first-order valence-corrected chi connectivity index (χ1v) is 6.84. The molecule has 0 aliphatic carbocycles. The van der Waals surface area contributed by atoms with Crippen LogP contribution in [0.25, 0.3) is 0 Å². The molecule has 21 heavy (non-hydrogen) atoms. The molecular weight excluding hydrogens is 262 g/mol. The molecule has 0 aromatic heterocycles. The van der Waals surface area contributed by atoms with Crippen LogP contribution < -0.4 is 16.8 Å². The van der Waals surface area contributed by atoms with E-state index in [1.54, 1.807) is 12.1 Å². The Balaban J connectivity index is 2.22. The third kappa shape index (κ3) is 3.54. The summed E-state index contributed by atoms with van der Waals surface area (Å²) in [6, 6.07) is 13.4. The van der Waals surface area contributed by atoms with Gasteiger partial charge in [-0.3, -0.25) is 4.79 Å². The van der Waals surface area contributed by atoms with E-state index in [2.05, 4.69) is 38.2 Å². The molecule has 0 radical (unpaired) electrons. The Bertz CT molecular complexity index is 655. The molecule has 110 valence electrons. The molecule has 2 aromatic rings. The normalized spacial score (nSPS) is 11.2. The number of nitrogens with two attached hydrogens (primary N) is 2. The largest absolute Gasteiger partial charge is 0.398 e. The van der Waals surface area contributed by atoms with Crippen molar-refractivity contribution in [3.8, 4) is 0 Å². The summed E-state index contributed by atoms with van der Waals surface area (Å²) in [5.41, 5.74) is 14.8. The number of hydrogen-bond acceptors (Lipinski definition) is 3. The van der Waals surface area contributed by atoms with Gasteiger partial charge in [0.2, 0.25) is 0 Å². The minimum atomic E-state index is -0.528. The van der Waals surface area contributed by atoms with Crippen molar-refractivity contribution in [3.05, 3.63) is 53.6 Å². The highest BCUT2D eigenvalue weighted by atomic mass is 16.1. The molecule has 0 saturated heterocycles. The van der Waals surface area contributed by atoms with Crippen LogP contribution in [0.1, 0.15) is 36.7 Å². The maximum Gasteiger partial charge on any atom is 0.250 e. The van der Waals surface area contributed by atoms with Crippen LogP contribution in [-0.2, 0) is 5.41 Å². The van der Waals surface area contributed by atoms with Crippen LogP contribution in [0.2, 0.25) is 0 Å². The van der Waals surface area contributed by atoms with Gasteiger partial charge in [-0.05, 0) is 41.3 Å². The first-order chi connectivity index (χ1) is 9.77. The topological polar surface area (TPSA) is 81.1 Å². The number of anilines is 3. The molecule has 0 saturated carbocycles. The molecule has 0 heterocycles. The van der Waals surface area contributed by atoms with Gasteiger partial charge in [0.15, 0.2) is 0 Å². The van der Waals surface area contributed by atoms with Crippen molar-refractivity contribution in [2.75, 3.05) is 11.1 Å². The van der Waals surface area contributed by atoms with E-state index < -0.39 is 5.91 Å². The lowest BCUT2D eigenvalue weighted by Gasteiger charge is -2.19. The lowest BCUT2D eigenvalue weighted by atomic mass is 9.87. The van der Waals surface area contributed by atoms with Gasteiger partial charge in [0.25, 0.3) is 5.91 Å². The first kappa shape index (κ1) is 14.9. The van der Waals surface area contributed by atoms with Gasteiger partial charge >= 0.3 is 0 Å². The van der Waals surface area contributed by atoms with Crippen molar-refractivity contribution >= 4 is 23.0 Å². The fourth-order valence-corrected chi connectivity index (χ4v) is 2.07. The lowest BCUT2D eigenvalue weighted by Crippen LogP contribution is -2.13. The van der Waals surface area contributed by atoms with Gasteiger partial charge in [-0.2, -0.15) is 0 Å². The van der Waals surface area contributed by atoms with Gasteiger partial charge in [-0.25, -0.2) is 0 Å². The summed E-state index contributed by atoms with van der Waals surface area (Å²) in [6.45, 7) is 6.53.